The van der Waals surface area contributed by atoms with Crippen molar-refractivity contribution in [3.8, 4) is 0 Å². The van der Waals surface area contributed by atoms with Gasteiger partial charge in [-0.1, -0.05) is 6.42 Å². The largest absolute Gasteiger partial charge is 0.481 e. The lowest BCUT2D eigenvalue weighted by atomic mass is 10.1. The Balaban J connectivity index is 0.000000343. The van der Waals surface area contributed by atoms with Crippen molar-refractivity contribution >= 4 is 23.1 Å². The first kappa shape index (κ1) is 21.1. The fourth-order valence-electron chi connectivity index (χ4n) is 3.78. The van der Waals surface area contributed by atoms with Crippen molar-refractivity contribution in [2.75, 3.05) is 31.1 Å². The standard InChI is InChI=1S/C14H19N5O4.C5H11N/c1-17-11-10(12(22)16-14(17)23)19(8-5-9(20)21)13(15-11)18-6-3-2-4-7-18;1-2-4-6-5-3-1/h2-8H2,1H3,(H,20,21)(H,16,22,23);6H,1-5H2. The third kappa shape index (κ3) is 5.06. The molecule has 0 aromatic carbocycles. The second-order valence-electron chi connectivity index (χ2n) is 7.56. The predicted molar refractivity (Wildman–Crippen MR) is 111 cm³/mol. The predicted octanol–water partition coefficient (Wildman–Crippen LogP) is 0.648. The number of nitrogens with one attached hydrogen (secondary N) is 2. The molecule has 0 bridgehead atoms. The first-order valence-corrected chi connectivity index (χ1v) is 10.4. The summed E-state index contributed by atoms with van der Waals surface area (Å²) >= 11 is 0. The number of aliphatic carboxylic acids is 1. The number of carbonyl (C=O) groups is 1. The van der Waals surface area contributed by atoms with Crippen molar-refractivity contribution in [1.82, 2.24) is 24.4 Å². The molecule has 2 aliphatic rings. The van der Waals surface area contributed by atoms with Crippen LogP contribution in [-0.4, -0.2) is 56.4 Å². The van der Waals surface area contributed by atoms with Crippen LogP contribution < -0.4 is 21.5 Å². The Hall–Kier alpha value is -2.62. The van der Waals surface area contributed by atoms with E-state index >= 15 is 0 Å². The van der Waals surface area contributed by atoms with Gasteiger partial charge in [0.2, 0.25) is 5.95 Å². The number of aromatic nitrogens is 4. The van der Waals surface area contributed by atoms with Gasteiger partial charge in [0.05, 0.1) is 6.42 Å². The van der Waals surface area contributed by atoms with E-state index in [2.05, 4.69) is 20.2 Å². The van der Waals surface area contributed by atoms with Gasteiger partial charge in [0, 0.05) is 26.7 Å². The highest BCUT2D eigenvalue weighted by molar-refractivity contribution is 5.75. The molecule has 2 fully saturated rings. The first-order chi connectivity index (χ1) is 14.0. The number of aryl methyl sites for hydroxylation is 2. The molecule has 2 saturated heterocycles. The molecule has 0 saturated carbocycles. The summed E-state index contributed by atoms with van der Waals surface area (Å²) in [4.78, 5) is 43.7. The molecular formula is C19H30N6O4. The zero-order chi connectivity index (χ0) is 20.8. The van der Waals surface area contributed by atoms with Crippen LogP contribution in [0.4, 0.5) is 5.95 Å². The number of nitrogens with zero attached hydrogens (tertiary/aromatic N) is 4. The van der Waals surface area contributed by atoms with Crippen LogP contribution in [0.1, 0.15) is 44.9 Å². The fourth-order valence-corrected chi connectivity index (χ4v) is 3.78. The third-order valence-corrected chi connectivity index (χ3v) is 5.38. The first-order valence-electron chi connectivity index (χ1n) is 10.4. The molecule has 3 N–H and O–H groups in total. The third-order valence-electron chi connectivity index (χ3n) is 5.38. The van der Waals surface area contributed by atoms with E-state index in [1.807, 2.05) is 0 Å². The van der Waals surface area contributed by atoms with Crippen molar-refractivity contribution in [1.29, 1.82) is 0 Å². The Morgan fingerprint density at radius 3 is 2.28 bits per heavy atom. The summed E-state index contributed by atoms with van der Waals surface area (Å²) in [7, 11) is 1.54. The maximum absolute atomic E-state index is 12.2. The summed E-state index contributed by atoms with van der Waals surface area (Å²) in [5.41, 5.74) is -0.543. The Morgan fingerprint density at radius 2 is 1.72 bits per heavy atom. The van der Waals surface area contributed by atoms with E-state index in [-0.39, 0.29) is 24.1 Å². The quantitative estimate of drug-likeness (QED) is 0.681. The van der Waals surface area contributed by atoms with Gasteiger partial charge in [0.15, 0.2) is 11.2 Å². The van der Waals surface area contributed by atoms with E-state index in [0.717, 1.165) is 32.4 Å². The van der Waals surface area contributed by atoms with Crippen LogP contribution in [0.3, 0.4) is 0 Å². The molecule has 4 heterocycles. The highest BCUT2D eigenvalue weighted by Crippen LogP contribution is 2.23. The molecule has 2 aliphatic heterocycles. The molecule has 29 heavy (non-hydrogen) atoms. The van der Waals surface area contributed by atoms with E-state index in [1.54, 1.807) is 4.57 Å². The van der Waals surface area contributed by atoms with E-state index < -0.39 is 17.2 Å². The SMILES string of the molecule is C1CCNCC1.Cn1c(=O)[nH]c(=O)c2c1nc(N1CCCCC1)n2CCC(=O)O. The average Bonchev–Trinajstić information content (AvgIpc) is 3.13. The summed E-state index contributed by atoms with van der Waals surface area (Å²) in [5.74, 6) is -0.384. The average molecular weight is 406 g/mol. The van der Waals surface area contributed by atoms with Gasteiger partial charge in [-0.2, -0.15) is 4.98 Å². The second-order valence-corrected chi connectivity index (χ2v) is 7.56. The van der Waals surface area contributed by atoms with E-state index in [0.29, 0.717) is 5.95 Å². The normalized spacial score (nSPS) is 17.1. The minimum Gasteiger partial charge on any atom is -0.481 e. The van der Waals surface area contributed by atoms with Gasteiger partial charge in [0.1, 0.15) is 0 Å². The van der Waals surface area contributed by atoms with Crippen molar-refractivity contribution < 1.29 is 9.90 Å². The number of hydrogen-bond donors (Lipinski definition) is 3. The summed E-state index contributed by atoms with van der Waals surface area (Å²) < 4.78 is 2.90. The van der Waals surface area contributed by atoms with Crippen molar-refractivity contribution in [2.45, 2.75) is 51.5 Å². The van der Waals surface area contributed by atoms with E-state index in [9.17, 15) is 14.4 Å². The molecule has 0 atom stereocenters. The molecule has 0 unspecified atom stereocenters. The maximum atomic E-state index is 12.2. The van der Waals surface area contributed by atoms with Crippen LogP contribution in [0.5, 0.6) is 0 Å². The van der Waals surface area contributed by atoms with Crippen LogP contribution in [0, 0.1) is 0 Å². The van der Waals surface area contributed by atoms with Crippen LogP contribution in [0.15, 0.2) is 9.59 Å². The van der Waals surface area contributed by atoms with Crippen LogP contribution in [0.2, 0.25) is 0 Å². The van der Waals surface area contributed by atoms with Crippen molar-refractivity contribution in [3.05, 3.63) is 20.8 Å². The van der Waals surface area contributed by atoms with E-state index in [1.165, 1.54) is 44.0 Å². The number of carboxylic acids is 1. The van der Waals surface area contributed by atoms with Crippen molar-refractivity contribution in [2.24, 2.45) is 7.05 Å². The van der Waals surface area contributed by atoms with Crippen LogP contribution in [-0.2, 0) is 18.4 Å². The lowest BCUT2D eigenvalue weighted by Gasteiger charge is -2.28. The Bertz CT molecular complexity index is 938. The molecule has 0 spiro atoms. The van der Waals surface area contributed by atoms with Gasteiger partial charge in [0.25, 0.3) is 5.56 Å². The lowest BCUT2D eigenvalue weighted by Crippen LogP contribution is -2.32. The molecule has 2 aromatic heterocycles. The summed E-state index contributed by atoms with van der Waals surface area (Å²) in [6.45, 7) is 4.25. The minimum atomic E-state index is -0.947. The minimum absolute atomic E-state index is 0.116. The smallest absolute Gasteiger partial charge is 0.329 e. The van der Waals surface area contributed by atoms with Gasteiger partial charge in [-0.05, 0) is 45.2 Å². The Kier molecular flexibility index (Phi) is 7.08. The second kappa shape index (κ2) is 9.73. The Morgan fingerprint density at radius 1 is 1.07 bits per heavy atom. The van der Waals surface area contributed by atoms with Gasteiger partial charge >= 0.3 is 11.7 Å². The zero-order valence-corrected chi connectivity index (χ0v) is 16.9. The molecule has 2 aromatic rings. The number of imidazole rings is 1. The van der Waals surface area contributed by atoms with Gasteiger partial charge < -0.3 is 19.9 Å². The number of piperidine rings is 2. The monoisotopic (exact) mass is 406 g/mol. The topological polar surface area (TPSA) is 125 Å². The highest BCUT2D eigenvalue weighted by atomic mass is 16.4. The number of carboxylic acid groups (broad SMARTS) is 1. The van der Waals surface area contributed by atoms with Gasteiger partial charge in [-0.3, -0.25) is 19.1 Å². The number of hydrogen-bond acceptors (Lipinski definition) is 6. The van der Waals surface area contributed by atoms with E-state index in [4.69, 9.17) is 5.11 Å². The molecule has 10 nitrogen and oxygen atoms in total. The lowest BCUT2D eigenvalue weighted by molar-refractivity contribution is -0.137. The maximum Gasteiger partial charge on any atom is 0.329 e. The zero-order valence-electron chi connectivity index (χ0n) is 16.9. The highest BCUT2D eigenvalue weighted by Gasteiger charge is 2.23. The number of anilines is 1. The van der Waals surface area contributed by atoms with Crippen LogP contribution in [0.25, 0.3) is 11.2 Å². The molecule has 0 radical (unpaired) electrons. The number of fused-ring (bicyclic) bond motifs is 1. The fraction of sp³-hybridized carbons (Fsp3) is 0.684. The van der Waals surface area contributed by atoms with Gasteiger partial charge in [-0.25, -0.2) is 4.79 Å². The molecule has 4 rings (SSSR count). The number of aromatic amines is 1. The molecule has 0 aliphatic carbocycles. The molecule has 10 heteroatoms. The van der Waals surface area contributed by atoms with Crippen LogP contribution >= 0.6 is 0 Å². The number of H-pyrrole nitrogens is 1. The molecule has 160 valence electrons. The summed E-state index contributed by atoms with van der Waals surface area (Å²) in [6, 6.07) is 0. The molecule has 0 amide bonds. The van der Waals surface area contributed by atoms with Gasteiger partial charge in [-0.15, -0.1) is 0 Å². The number of rotatable bonds is 4. The van der Waals surface area contributed by atoms with Crippen molar-refractivity contribution in [3.63, 3.8) is 0 Å². The summed E-state index contributed by atoms with van der Waals surface area (Å²) in [6.07, 6.45) is 7.29. The summed E-state index contributed by atoms with van der Waals surface area (Å²) in [5, 5.41) is 12.2. The molecular weight excluding hydrogens is 376 g/mol. The Labute approximate surface area is 168 Å².